The quantitative estimate of drug-likeness (QED) is 0.0283. The number of carboxylic acids is 2. The van der Waals surface area contributed by atoms with Gasteiger partial charge in [0.2, 0.25) is 53.2 Å². The normalized spacial score (nSPS) is 16.2. The van der Waals surface area contributed by atoms with E-state index in [9.17, 15) is 73.2 Å². The van der Waals surface area contributed by atoms with Crippen LogP contribution in [0.5, 0.6) is 5.75 Å². The molecule has 0 radical (unpaired) electrons. The molecule has 0 bridgehead atoms. The molecule has 0 fully saturated rings. The molecule has 0 aliphatic heterocycles. The minimum atomic E-state index is -1.88. The maximum Gasteiger partial charge on any atom is 0.326 e. The summed E-state index contributed by atoms with van der Waals surface area (Å²) in [6, 6.07) is -8.71. The Bertz CT molecular complexity index is 2270. The zero-order chi connectivity index (χ0) is 62.0. The number of benzene rings is 1. The van der Waals surface area contributed by atoms with Gasteiger partial charge in [-0.1, -0.05) is 94.2 Å². The Morgan fingerprint density at radius 3 is 1.41 bits per heavy atom. The Morgan fingerprint density at radius 1 is 0.519 bits per heavy atom. The lowest BCUT2D eigenvalue weighted by Crippen LogP contribution is -2.63. The summed E-state index contributed by atoms with van der Waals surface area (Å²) in [5.41, 5.74) is 12.2. The third-order valence-corrected chi connectivity index (χ3v) is 14.0. The van der Waals surface area contributed by atoms with Gasteiger partial charge in [-0.2, -0.15) is 12.6 Å². The van der Waals surface area contributed by atoms with Crippen LogP contribution < -0.4 is 59.3 Å². The summed E-state index contributed by atoms with van der Waals surface area (Å²) in [6.45, 7) is 18.5. The molecule has 0 heterocycles. The van der Waals surface area contributed by atoms with Crippen LogP contribution in [-0.4, -0.2) is 164 Å². The average Bonchev–Trinajstić information content (AvgIpc) is 3.39. The second kappa shape index (κ2) is 36.0. The van der Waals surface area contributed by atoms with Gasteiger partial charge >= 0.3 is 11.9 Å². The predicted octanol–water partition coefficient (Wildman–Crippen LogP) is -0.926. The lowest BCUT2D eigenvalue weighted by molar-refractivity contribution is -0.144. The number of unbranched alkanes of at least 4 members (excludes halogenated alkanes) is 1. The minimum Gasteiger partial charge on any atom is -0.508 e. The zero-order valence-electron chi connectivity index (χ0n) is 48.5. The topological polar surface area (TPSA) is 429 Å². The molecule has 13 atom stereocenters. The predicted molar refractivity (Wildman–Crippen MR) is 304 cm³/mol. The third kappa shape index (κ3) is 25.0. The number of hydrogen-bond acceptors (Lipinski definition) is 16. The van der Waals surface area contributed by atoms with E-state index in [1.54, 1.807) is 48.5 Å². The first-order chi connectivity index (χ1) is 37.8. The number of nitrogens with one attached hydrogen (secondary N) is 9. The van der Waals surface area contributed by atoms with Crippen molar-refractivity contribution in [2.75, 3.05) is 12.3 Å². The molecule has 17 N–H and O–H groups in total. The maximum atomic E-state index is 14.3. The van der Waals surface area contributed by atoms with Crippen LogP contribution in [0.4, 0.5) is 0 Å². The van der Waals surface area contributed by atoms with E-state index in [0.29, 0.717) is 31.2 Å². The highest BCUT2D eigenvalue weighted by Gasteiger charge is 2.38. The summed E-state index contributed by atoms with van der Waals surface area (Å²) in [5, 5.41) is 62.9. The van der Waals surface area contributed by atoms with Gasteiger partial charge in [-0.15, -0.1) is 0 Å². The van der Waals surface area contributed by atoms with Gasteiger partial charge in [0.15, 0.2) is 0 Å². The molecule has 0 aliphatic carbocycles. The summed E-state index contributed by atoms with van der Waals surface area (Å²) in [5.74, 6) is -13.7. The molecule has 9 amide bonds. The van der Waals surface area contributed by atoms with Gasteiger partial charge in [0.1, 0.15) is 60.1 Å². The van der Waals surface area contributed by atoms with Crippen LogP contribution in [-0.2, 0) is 59.2 Å². The van der Waals surface area contributed by atoms with Gasteiger partial charge in [0.05, 0.1) is 18.6 Å². The number of aliphatic hydroxyl groups is 1. The van der Waals surface area contributed by atoms with E-state index < -0.39 is 156 Å². The number of rotatable bonds is 37. The number of carbonyl (C=O) groups excluding carboxylic acids is 9. The van der Waals surface area contributed by atoms with Crippen molar-refractivity contribution >= 4 is 77.7 Å². The molecule has 0 saturated heterocycles. The largest absolute Gasteiger partial charge is 0.508 e. The van der Waals surface area contributed by atoms with Gasteiger partial charge in [-0.05, 0) is 86.4 Å². The maximum absolute atomic E-state index is 14.3. The summed E-state index contributed by atoms with van der Waals surface area (Å²) >= 11 is 4.11. The first kappa shape index (κ1) is 72.4. The molecule has 26 nitrogen and oxygen atoms in total. The van der Waals surface area contributed by atoms with Gasteiger partial charge < -0.3 is 79.7 Å². The van der Waals surface area contributed by atoms with E-state index in [1.165, 1.54) is 45.0 Å². The molecule has 0 spiro atoms. The summed E-state index contributed by atoms with van der Waals surface area (Å²) < 4.78 is 0. The van der Waals surface area contributed by atoms with Gasteiger partial charge in [0, 0.05) is 12.2 Å². The second-order valence-electron chi connectivity index (χ2n) is 21.7. The van der Waals surface area contributed by atoms with Crippen molar-refractivity contribution in [3.8, 4) is 5.75 Å². The number of hydrogen-bond donors (Lipinski definition) is 16. The summed E-state index contributed by atoms with van der Waals surface area (Å²) in [7, 11) is 0. The van der Waals surface area contributed by atoms with Crippen LogP contribution in [0.1, 0.15) is 127 Å². The Labute approximate surface area is 480 Å². The number of aliphatic carboxylic acids is 2. The highest BCUT2D eigenvalue weighted by Crippen LogP contribution is 2.16. The molecule has 0 saturated carbocycles. The van der Waals surface area contributed by atoms with Crippen LogP contribution >= 0.6 is 12.6 Å². The van der Waals surface area contributed by atoms with Crippen molar-refractivity contribution in [3.63, 3.8) is 0 Å². The van der Waals surface area contributed by atoms with Crippen LogP contribution in [0.2, 0.25) is 0 Å². The number of carbonyl (C=O) groups is 11. The molecule has 0 aliphatic rings. The smallest absolute Gasteiger partial charge is 0.326 e. The molecule has 458 valence electrons. The van der Waals surface area contributed by atoms with Crippen molar-refractivity contribution in [2.45, 2.75) is 194 Å². The number of aromatic hydroxyl groups is 1. The number of amides is 9. The molecular weight excluding hydrogens is 1070 g/mol. The second-order valence-corrected chi connectivity index (χ2v) is 22.0. The van der Waals surface area contributed by atoms with Gasteiger partial charge in [0.25, 0.3) is 0 Å². The van der Waals surface area contributed by atoms with Gasteiger partial charge in [-0.25, -0.2) is 4.79 Å². The number of carboxylic acid groups (broad SMARTS) is 2. The minimum absolute atomic E-state index is 0.0144. The number of aliphatic hydroxyl groups excluding tert-OH is 1. The number of thiol groups is 1. The molecule has 27 heteroatoms. The van der Waals surface area contributed by atoms with Crippen LogP contribution in [0.15, 0.2) is 24.3 Å². The fourth-order valence-electron chi connectivity index (χ4n) is 8.13. The zero-order valence-corrected chi connectivity index (χ0v) is 49.4. The van der Waals surface area contributed by atoms with E-state index in [4.69, 9.17) is 11.5 Å². The Balaban J connectivity index is 3.54. The van der Waals surface area contributed by atoms with Crippen LogP contribution in [0.3, 0.4) is 0 Å². The first-order valence-corrected chi connectivity index (χ1v) is 28.2. The van der Waals surface area contributed by atoms with Gasteiger partial charge in [-0.3, -0.25) is 47.9 Å². The van der Waals surface area contributed by atoms with Crippen LogP contribution in [0.25, 0.3) is 0 Å². The summed E-state index contributed by atoms with van der Waals surface area (Å²) in [4.78, 5) is 148. The van der Waals surface area contributed by atoms with Crippen molar-refractivity contribution < 1.29 is 73.2 Å². The molecule has 1 aromatic rings. The monoisotopic (exact) mass is 1170 g/mol. The standard InChI is InChI=1S/C54H91N11O15S/c1-12-29(9)40(56)50(75)62-41(27(5)6)51(76)57-34(16-14-15-21-55)45(70)58-35(22-26(3)4)48(73)65-44(31(11)66)53(78)63-42(28(7)8)52(77)60-36(23-32-17-19-33(67)20-18-32)46(71)59-37(24-39(68)69)47(72)61-38(25-81)49(74)64-43(54(79)80)30(10)13-2/h17-20,26-31,34-38,40-44,66-67,81H,12-16,21-25,55-56H2,1-11H3,(H,57,76)(H,58,70)(H,59,71)(H,60,77)(H,61,72)(H,62,75)(H,63,78)(H,64,74)(H,65,73)(H,68,69)(H,79,80)/t29-,30-,31+,34-,35-,36-,37-,38-,40-,41-,42-,43-,44-/m0/s1. The van der Waals surface area contributed by atoms with E-state index >= 15 is 0 Å². The van der Waals surface area contributed by atoms with Crippen molar-refractivity contribution in [3.05, 3.63) is 29.8 Å². The van der Waals surface area contributed by atoms with Crippen molar-refractivity contribution in [1.29, 1.82) is 0 Å². The Hall–Kier alpha value is -6.58. The highest BCUT2D eigenvalue weighted by molar-refractivity contribution is 7.80. The average molecular weight is 1170 g/mol. The number of nitrogens with two attached hydrogens (primary N) is 2. The number of phenols is 1. The Morgan fingerprint density at radius 2 is 0.938 bits per heavy atom. The summed E-state index contributed by atoms with van der Waals surface area (Å²) in [6.07, 6.45) is -0.995. The molecule has 0 aromatic heterocycles. The first-order valence-electron chi connectivity index (χ1n) is 27.5. The fraction of sp³-hybridized carbons (Fsp3) is 0.685. The van der Waals surface area contributed by atoms with E-state index in [-0.39, 0.29) is 49.1 Å². The fourth-order valence-corrected chi connectivity index (χ4v) is 8.39. The molecule has 1 aromatic carbocycles. The van der Waals surface area contributed by atoms with Crippen molar-refractivity contribution in [1.82, 2.24) is 47.9 Å². The molecule has 1 rings (SSSR count). The molecule has 0 unspecified atom stereocenters. The number of phenolic OH excluding ortho intramolecular Hbond substituents is 1. The van der Waals surface area contributed by atoms with E-state index in [2.05, 4.69) is 60.5 Å². The van der Waals surface area contributed by atoms with E-state index in [1.807, 2.05) is 6.92 Å². The SMILES string of the molecule is CC[C@H](C)[C@H](N)C(=O)N[C@H](C(=O)N[C@@H](CCCCN)C(=O)N[C@@H](CC(C)C)C(=O)N[C@H](C(=O)N[C@H](C(=O)N[C@@H](Cc1ccc(O)cc1)C(=O)N[C@@H](CC(=O)O)C(=O)N[C@@H](CS)C(=O)N[C@H](C(=O)O)[C@@H](C)CC)C(C)C)[C@@H](C)O)C(C)C. The lowest BCUT2D eigenvalue weighted by Gasteiger charge is -2.30. The molecule has 81 heavy (non-hydrogen) atoms. The Kier molecular flexibility index (Phi) is 32.2. The highest BCUT2D eigenvalue weighted by atomic mass is 32.1. The molecular formula is C54H91N11O15S. The third-order valence-electron chi connectivity index (χ3n) is 13.6. The lowest BCUT2D eigenvalue weighted by atomic mass is 9.97. The van der Waals surface area contributed by atoms with E-state index in [0.717, 1.165) is 0 Å². The van der Waals surface area contributed by atoms with Crippen LogP contribution in [0, 0.1) is 29.6 Å². The van der Waals surface area contributed by atoms with Crippen molar-refractivity contribution in [2.24, 2.45) is 41.1 Å².